The smallest absolute Gasteiger partial charge is 0.254 e. The standard InChI is InChI=1S/C41H54N4O6Si/c1-28-38(50-3)34-24-30(44-27-45(29-10-7-6-8-11-29)41(40(44)48)19-21-42-22-20-41)13-18-35(34)51-39(28)36(25-37(47)43-23-9-12-31(43)26-46)52(4,5)33-16-14-32(49-2)15-17-33/h6-8,10-11,13-18,24,28,31,36,38-39,42,46H,9,12,19-23,25-27H2,1-5H3/t28-,31+,36?,38-,39-/m1/s1. The van der Waals surface area contributed by atoms with Crippen molar-refractivity contribution in [1.29, 1.82) is 0 Å². The average molecular weight is 727 g/mol. The van der Waals surface area contributed by atoms with Crippen LogP contribution in [0.5, 0.6) is 11.5 Å². The van der Waals surface area contributed by atoms with Gasteiger partial charge in [0.05, 0.1) is 40.6 Å². The van der Waals surface area contributed by atoms with Crippen LogP contribution in [0, 0.1) is 5.92 Å². The minimum absolute atomic E-state index is 0.0197. The van der Waals surface area contributed by atoms with Gasteiger partial charge in [-0.05, 0) is 81.2 Å². The maximum atomic E-state index is 14.5. The Hall–Kier alpha value is -3.90. The summed E-state index contributed by atoms with van der Waals surface area (Å²) in [6.07, 6.45) is 2.94. The second kappa shape index (κ2) is 14.8. The number of piperidine rings is 1. The lowest BCUT2D eigenvalue weighted by atomic mass is 9.85. The van der Waals surface area contributed by atoms with Gasteiger partial charge in [0, 0.05) is 48.5 Å². The van der Waals surface area contributed by atoms with Crippen LogP contribution in [-0.4, -0.2) is 94.7 Å². The van der Waals surface area contributed by atoms with Crippen LogP contribution >= 0.6 is 0 Å². The van der Waals surface area contributed by atoms with Gasteiger partial charge >= 0.3 is 0 Å². The number of likely N-dealkylation sites (tertiary alicyclic amines) is 1. The Morgan fingerprint density at radius 3 is 2.44 bits per heavy atom. The third-order valence-electron chi connectivity index (χ3n) is 12.5. The fourth-order valence-corrected chi connectivity index (χ4v) is 12.7. The van der Waals surface area contributed by atoms with Gasteiger partial charge in [-0.3, -0.25) is 14.5 Å². The van der Waals surface area contributed by atoms with E-state index in [1.165, 1.54) is 5.19 Å². The van der Waals surface area contributed by atoms with Crippen LogP contribution in [-0.2, 0) is 14.3 Å². The topological polar surface area (TPSA) is 104 Å². The van der Waals surface area contributed by atoms with Gasteiger partial charge in [-0.25, -0.2) is 0 Å². The Balaban J connectivity index is 1.22. The zero-order valence-corrected chi connectivity index (χ0v) is 32.2. The molecule has 1 spiro atoms. The van der Waals surface area contributed by atoms with Gasteiger partial charge in [-0.2, -0.15) is 0 Å². The van der Waals surface area contributed by atoms with Crippen molar-refractivity contribution in [3.8, 4) is 11.5 Å². The number of anilines is 2. The summed E-state index contributed by atoms with van der Waals surface area (Å²) in [5.74, 6) is 1.64. The summed E-state index contributed by atoms with van der Waals surface area (Å²) in [5.41, 5.74) is 2.12. The van der Waals surface area contributed by atoms with E-state index >= 15 is 0 Å². The molecule has 11 heteroatoms. The number of hydrogen-bond donors (Lipinski definition) is 2. The molecule has 1 unspecified atom stereocenters. The number of rotatable bonds is 10. The van der Waals surface area contributed by atoms with Gasteiger partial charge in [0.25, 0.3) is 5.91 Å². The van der Waals surface area contributed by atoms with Crippen LogP contribution < -0.4 is 29.8 Å². The van der Waals surface area contributed by atoms with E-state index in [4.69, 9.17) is 14.2 Å². The number of carbonyl (C=O) groups is 2. The number of nitrogens with one attached hydrogen (secondary N) is 1. The Kier molecular flexibility index (Phi) is 10.4. The maximum absolute atomic E-state index is 14.5. The number of methoxy groups -OCH3 is 2. The minimum atomic E-state index is -2.40. The van der Waals surface area contributed by atoms with Crippen molar-refractivity contribution in [2.75, 3.05) is 56.9 Å². The number of carbonyl (C=O) groups excluding carboxylic acids is 2. The summed E-state index contributed by atoms with van der Waals surface area (Å²) in [6, 6.07) is 24.5. The Morgan fingerprint density at radius 2 is 1.77 bits per heavy atom. The molecule has 2 amide bonds. The Labute approximate surface area is 309 Å². The highest BCUT2D eigenvalue weighted by atomic mass is 28.3. The predicted octanol–water partition coefficient (Wildman–Crippen LogP) is 5.07. The molecule has 3 aromatic carbocycles. The molecule has 0 radical (unpaired) electrons. The number of hydrogen-bond acceptors (Lipinski definition) is 8. The third kappa shape index (κ3) is 6.39. The van der Waals surface area contributed by atoms with Crippen LogP contribution in [0.3, 0.4) is 0 Å². The summed E-state index contributed by atoms with van der Waals surface area (Å²) in [4.78, 5) is 34.7. The van der Waals surface area contributed by atoms with E-state index in [0.29, 0.717) is 19.6 Å². The molecule has 52 heavy (non-hydrogen) atoms. The maximum Gasteiger partial charge on any atom is 0.254 e. The molecule has 278 valence electrons. The first-order valence-electron chi connectivity index (χ1n) is 18.9. The number of aliphatic hydroxyl groups excluding tert-OH is 1. The molecule has 2 N–H and O–H groups in total. The average Bonchev–Trinajstić information content (AvgIpc) is 3.77. The summed E-state index contributed by atoms with van der Waals surface area (Å²) < 4.78 is 18.8. The molecule has 3 aromatic rings. The normalized spacial score (nSPS) is 24.9. The van der Waals surface area contributed by atoms with Crippen LogP contribution in [0.2, 0.25) is 18.6 Å². The number of amides is 2. The first-order chi connectivity index (χ1) is 25.1. The molecule has 0 bridgehead atoms. The first-order valence-corrected chi connectivity index (χ1v) is 21.9. The minimum Gasteiger partial charge on any atom is -0.497 e. The fourth-order valence-electron chi connectivity index (χ4n) is 9.38. The van der Waals surface area contributed by atoms with E-state index in [2.05, 4.69) is 60.6 Å². The molecule has 4 aliphatic rings. The van der Waals surface area contributed by atoms with Crippen LogP contribution in [0.15, 0.2) is 72.8 Å². The van der Waals surface area contributed by atoms with E-state index < -0.39 is 13.6 Å². The lowest BCUT2D eigenvalue weighted by Crippen LogP contribution is -2.55. The van der Waals surface area contributed by atoms with Crippen molar-refractivity contribution in [3.05, 3.63) is 78.4 Å². The lowest BCUT2D eigenvalue weighted by Gasteiger charge is -2.46. The largest absolute Gasteiger partial charge is 0.497 e. The number of nitrogens with zero attached hydrogens (tertiary/aromatic N) is 3. The monoisotopic (exact) mass is 726 g/mol. The van der Waals surface area contributed by atoms with Crippen molar-refractivity contribution in [3.63, 3.8) is 0 Å². The van der Waals surface area contributed by atoms with Gasteiger partial charge in [0.15, 0.2) is 0 Å². The van der Waals surface area contributed by atoms with E-state index in [0.717, 1.165) is 67.2 Å². The number of para-hydroxylation sites is 1. The van der Waals surface area contributed by atoms with Gasteiger partial charge < -0.3 is 34.4 Å². The molecule has 5 atom stereocenters. The number of benzene rings is 3. The summed E-state index contributed by atoms with van der Waals surface area (Å²) in [6.45, 7) is 9.52. The van der Waals surface area contributed by atoms with E-state index in [9.17, 15) is 14.7 Å². The van der Waals surface area contributed by atoms with Crippen LogP contribution in [0.25, 0.3) is 0 Å². The van der Waals surface area contributed by atoms with Gasteiger partial charge in [-0.1, -0.05) is 55.5 Å². The fraction of sp³-hybridized carbons (Fsp3) is 0.512. The highest BCUT2D eigenvalue weighted by Crippen LogP contribution is 2.49. The first kappa shape index (κ1) is 36.5. The zero-order valence-electron chi connectivity index (χ0n) is 31.2. The van der Waals surface area contributed by atoms with Crippen molar-refractivity contribution in [2.24, 2.45) is 5.92 Å². The van der Waals surface area contributed by atoms with Crippen molar-refractivity contribution < 1.29 is 28.9 Å². The summed E-state index contributed by atoms with van der Waals surface area (Å²) in [7, 11) is 1.01. The molecule has 0 aliphatic carbocycles. The van der Waals surface area contributed by atoms with E-state index in [1.807, 2.05) is 52.3 Å². The van der Waals surface area contributed by atoms with Crippen molar-refractivity contribution in [1.82, 2.24) is 10.2 Å². The second-order valence-electron chi connectivity index (χ2n) is 15.6. The third-order valence-corrected chi connectivity index (χ3v) is 16.7. The second-order valence-corrected chi connectivity index (χ2v) is 20.3. The van der Waals surface area contributed by atoms with Crippen molar-refractivity contribution >= 4 is 36.4 Å². The molecule has 3 fully saturated rings. The highest BCUT2D eigenvalue weighted by molar-refractivity contribution is 6.91. The molecular formula is C41H54N4O6Si. The predicted molar refractivity (Wildman–Crippen MR) is 206 cm³/mol. The highest BCUT2D eigenvalue weighted by Gasteiger charge is 2.54. The zero-order chi connectivity index (χ0) is 36.6. The van der Waals surface area contributed by atoms with E-state index in [-0.39, 0.29) is 48.1 Å². The molecular weight excluding hydrogens is 673 g/mol. The van der Waals surface area contributed by atoms with Gasteiger partial charge in [0.1, 0.15) is 23.1 Å². The van der Waals surface area contributed by atoms with Crippen LogP contribution in [0.1, 0.15) is 50.7 Å². The van der Waals surface area contributed by atoms with Gasteiger partial charge in [-0.15, -0.1) is 0 Å². The number of ether oxygens (including phenoxy) is 3. The Bertz CT molecular complexity index is 1730. The molecule has 4 aliphatic heterocycles. The Morgan fingerprint density at radius 1 is 1.04 bits per heavy atom. The number of aliphatic hydroxyl groups is 1. The van der Waals surface area contributed by atoms with Crippen LogP contribution in [0.4, 0.5) is 11.4 Å². The molecule has 3 saturated heterocycles. The molecule has 4 heterocycles. The van der Waals surface area contributed by atoms with Crippen molar-refractivity contribution in [2.45, 2.75) is 81.5 Å². The van der Waals surface area contributed by atoms with Gasteiger partial charge in [0.2, 0.25) is 5.91 Å². The molecule has 0 aromatic heterocycles. The molecule has 7 rings (SSSR count). The molecule has 0 saturated carbocycles. The lowest BCUT2D eigenvalue weighted by molar-refractivity contribution is -0.133. The summed E-state index contributed by atoms with van der Waals surface area (Å²) in [5, 5.41) is 14.7. The van der Waals surface area contributed by atoms with E-state index in [1.54, 1.807) is 14.2 Å². The summed E-state index contributed by atoms with van der Waals surface area (Å²) >= 11 is 0. The molecule has 10 nitrogen and oxygen atoms in total. The SMILES string of the molecule is COc1ccc([Si](C)(C)C(CC(=O)N2CCC[C@H]2CO)[C@@H]2Oc3ccc(N4CN(c5ccccc5)C5(CCNCC5)C4=O)cc3[C@H](OC)[C@H]2C)cc1. The quantitative estimate of drug-likeness (QED) is 0.280. The number of fused-ring (bicyclic) bond motifs is 1.